The molecule has 0 atom stereocenters. The molecular formula is C20H25N3O4. The summed E-state index contributed by atoms with van der Waals surface area (Å²) in [6.07, 6.45) is 5.20. The standard InChI is InChI=1S/C20H25N3O4/c1-25-17-6-4-16(5-7-17)22-20(24)23-11-8-18(9-12-23)26-13-14-27-19-3-2-10-21-15-19/h2-7,10,15,18H,8-9,11-14H2,1H3,(H,22,24). The Bertz CT molecular complexity index is 701. The first-order valence-corrected chi connectivity index (χ1v) is 9.09. The smallest absolute Gasteiger partial charge is 0.321 e. The molecule has 1 saturated heterocycles. The van der Waals surface area contributed by atoms with Crippen molar-refractivity contribution < 1.29 is 19.0 Å². The average molecular weight is 371 g/mol. The van der Waals surface area contributed by atoms with Gasteiger partial charge in [0.15, 0.2) is 0 Å². The average Bonchev–Trinajstić information content (AvgIpc) is 2.73. The second-order valence-electron chi connectivity index (χ2n) is 6.25. The van der Waals surface area contributed by atoms with Crippen molar-refractivity contribution in [2.45, 2.75) is 18.9 Å². The number of nitrogens with zero attached hydrogens (tertiary/aromatic N) is 2. The van der Waals surface area contributed by atoms with Gasteiger partial charge in [-0.15, -0.1) is 0 Å². The van der Waals surface area contributed by atoms with E-state index in [4.69, 9.17) is 14.2 Å². The van der Waals surface area contributed by atoms with Gasteiger partial charge in [0.05, 0.1) is 26.0 Å². The minimum atomic E-state index is -0.0847. The fourth-order valence-electron chi connectivity index (χ4n) is 2.91. The first-order valence-electron chi connectivity index (χ1n) is 9.09. The predicted octanol–water partition coefficient (Wildman–Crippen LogP) is 3.18. The maximum atomic E-state index is 12.4. The molecule has 0 bridgehead atoms. The Kier molecular flexibility index (Phi) is 6.87. The van der Waals surface area contributed by atoms with Gasteiger partial charge in [-0.05, 0) is 49.2 Å². The summed E-state index contributed by atoms with van der Waals surface area (Å²) >= 11 is 0. The van der Waals surface area contributed by atoms with E-state index in [2.05, 4.69) is 10.3 Å². The van der Waals surface area contributed by atoms with Gasteiger partial charge in [0, 0.05) is 25.0 Å². The number of likely N-dealkylation sites (tertiary alicyclic amines) is 1. The second kappa shape index (κ2) is 9.78. The third-order valence-electron chi connectivity index (χ3n) is 4.41. The highest BCUT2D eigenvalue weighted by Gasteiger charge is 2.23. The Hall–Kier alpha value is -2.80. The molecule has 0 aliphatic carbocycles. The largest absolute Gasteiger partial charge is 0.497 e. The number of hydrogen-bond acceptors (Lipinski definition) is 5. The van der Waals surface area contributed by atoms with Crippen molar-refractivity contribution in [3.05, 3.63) is 48.8 Å². The van der Waals surface area contributed by atoms with E-state index in [1.165, 1.54) is 0 Å². The van der Waals surface area contributed by atoms with Gasteiger partial charge < -0.3 is 24.4 Å². The van der Waals surface area contributed by atoms with Crippen LogP contribution in [0, 0.1) is 0 Å². The number of carbonyl (C=O) groups excluding carboxylic acids is 1. The van der Waals surface area contributed by atoms with E-state index in [1.807, 2.05) is 41.3 Å². The molecule has 1 N–H and O–H groups in total. The van der Waals surface area contributed by atoms with Crippen LogP contribution in [-0.2, 0) is 4.74 Å². The molecule has 0 spiro atoms. The van der Waals surface area contributed by atoms with Gasteiger partial charge >= 0.3 is 6.03 Å². The molecule has 7 heteroatoms. The van der Waals surface area contributed by atoms with Crippen molar-refractivity contribution in [3.63, 3.8) is 0 Å². The lowest BCUT2D eigenvalue weighted by Gasteiger charge is -2.32. The number of carbonyl (C=O) groups is 1. The topological polar surface area (TPSA) is 72.9 Å². The van der Waals surface area contributed by atoms with Crippen LogP contribution in [0.3, 0.4) is 0 Å². The van der Waals surface area contributed by atoms with Crippen LogP contribution in [0.25, 0.3) is 0 Å². The van der Waals surface area contributed by atoms with Crippen LogP contribution in [-0.4, -0.2) is 55.4 Å². The number of piperidine rings is 1. The van der Waals surface area contributed by atoms with Gasteiger partial charge in [0.1, 0.15) is 18.1 Å². The molecule has 1 aromatic heterocycles. The van der Waals surface area contributed by atoms with Crippen molar-refractivity contribution >= 4 is 11.7 Å². The Morgan fingerprint density at radius 2 is 1.93 bits per heavy atom. The van der Waals surface area contributed by atoms with E-state index in [0.717, 1.165) is 30.0 Å². The molecule has 2 aromatic rings. The Morgan fingerprint density at radius 1 is 1.15 bits per heavy atom. The summed E-state index contributed by atoms with van der Waals surface area (Å²) in [5.41, 5.74) is 0.756. The number of urea groups is 1. The number of amides is 2. The van der Waals surface area contributed by atoms with Crippen molar-refractivity contribution in [2.75, 3.05) is 38.7 Å². The Morgan fingerprint density at radius 3 is 2.59 bits per heavy atom. The van der Waals surface area contributed by atoms with Crippen molar-refractivity contribution in [1.29, 1.82) is 0 Å². The number of hydrogen-bond donors (Lipinski definition) is 1. The molecule has 2 heterocycles. The fraction of sp³-hybridized carbons (Fsp3) is 0.400. The van der Waals surface area contributed by atoms with Gasteiger partial charge in [-0.1, -0.05) is 0 Å². The lowest BCUT2D eigenvalue weighted by atomic mass is 10.1. The van der Waals surface area contributed by atoms with Gasteiger partial charge in [-0.3, -0.25) is 4.98 Å². The van der Waals surface area contributed by atoms with Crippen LogP contribution in [0.1, 0.15) is 12.8 Å². The van der Waals surface area contributed by atoms with Crippen LogP contribution in [0.4, 0.5) is 10.5 Å². The summed E-state index contributed by atoms with van der Waals surface area (Å²) in [5, 5.41) is 2.91. The molecule has 7 nitrogen and oxygen atoms in total. The zero-order chi connectivity index (χ0) is 18.9. The molecule has 1 fully saturated rings. The van der Waals surface area contributed by atoms with Gasteiger partial charge in [0.25, 0.3) is 0 Å². The zero-order valence-corrected chi connectivity index (χ0v) is 15.5. The normalized spacial score (nSPS) is 14.6. The van der Waals surface area contributed by atoms with Crippen LogP contribution in [0.15, 0.2) is 48.8 Å². The van der Waals surface area contributed by atoms with Gasteiger partial charge in [-0.25, -0.2) is 4.79 Å². The number of methoxy groups -OCH3 is 1. The Labute approximate surface area is 159 Å². The molecule has 3 rings (SSSR count). The third kappa shape index (κ3) is 5.86. The lowest BCUT2D eigenvalue weighted by molar-refractivity contribution is 0.00268. The van der Waals surface area contributed by atoms with E-state index in [0.29, 0.717) is 26.3 Å². The number of ether oxygens (including phenoxy) is 3. The van der Waals surface area contributed by atoms with Crippen molar-refractivity contribution in [2.24, 2.45) is 0 Å². The first kappa shape index (κ1) is 19.0. The first-order chi connectivity index (χ1) is 13.2. The number of nitrogens with one attached hydrogen (secondary N) is 1. The van der Waals surface area contributed by atoms with Crippen molar-refractivity contribution in [3.8, 4) is 11.5 Å². The van der Waals surface area contributed by atoms with Crippen LogP contribution in [0.5, 0.6) is 11.5 Å². The summed E-state index contributed by atoms with van der Waals surface area (Å²) in [6.45, 7) is 2.37. The van der Waals surface area contributed by atoms with Crippen LogP contribution >= 0.6 is 0 Å². The van der Waals surface area contributed by atoms with E-state index < -0.39 is 0 Å². The highest BCUT2D eigenvalue weighted by Crippen LogP contribution is 2.18. The molecule has 1 aromatic carbocycles. The van der Waals surface area contributed by atoms with Crippen LogP contribution in [0.2, 0.25) is 0 Å². The predicted molar refractivity (Wildman–Crippen MR) is 102 cm³/mol. The molecular weight excluding hydrogens is 346 g/mol. The van der Waals surface area contributed by atoms with E-state index in [9.17, 15) is 4.79 Å². The lowest BCUT2D eigenvalue weighted by Crippen LogP contribution is -2.43. The summed E-state index contributed by atoms with van der Waals surface area (Å²) < 4.78 is 16.5. The Balaban J connectivity index is 1.33. The number of anilines is 1. The third-order valence-corrected chi connectivity index (χ3v) is 4.41. The molecule has 0 radical (unpaired) electrons. The molecule has 0 saturated carbocycles. The monoisotopic (exact) mass is 371 g/mol. The summed E-state index contributed by atoms with van der Waals surface area (Å²) in [6, 6.07) is 10.9. The highest BCUT2D eigenvalue weighted by atomic mass is 16.5. The molecule has 2 amide bonds. The number of pyridine rings is 1. The number of benzene rings is 1. The molecule has 27 heavy (non-hydrogen) atoms. The zero-order valence-electron chi connectivity index (χ0n) is 15.5. The van der Waals surface area contributed by atoms with Gasteiger partial charge in [-0.2, -0.15) is 0 Å². The van der Waals surface area contributed by atoms with E-state index >= 15 is 0 Å². The maximum Gasteiger partial charge on any atom is 0.321 e. The van der Waals surface area contributed by atoms with E-state index in [1.54, 1.807) is 19.5 Å². The molecule has 1 aliphatic heterocycles. The fourth-order valence-corrected chi connectivity index (χ4v) is 2.91. The maximum absolute atomic E-state index is 12.4. The molecule has 0 unspecified atom stereocenters. The van der Waals surface area contributed by atoms with Gasteiger partial charge in [0.2, 0.25) is 0 Å². The summed E-state index contributed by atoms with van der Waals surface area (Å²) in [5.74, 6) is 1.50. The molecule has 144 valence electrons. The minimum Gasteiger partial charge on any atom is -0.497 e. The quantitative estimate of drug-likeness (QED) is 0.757. The van der Waals surface area contributed by atoms with E-state index in [-0.39, 0.29) is 12.1 Å². The summed E-state index contributed by atoms with van der Waals surface area (Å²) in [4.78, 5) is 18.2. The molecule has 1 aliphatic rings. The van der Waals surface area contributed by atoms with Crippen molar-refractivity contribution in [1.82, 2.24) is 9.88 Å². The second-order valence-corrected chi connectivity index (χ2v) is 6.25. The van der Waals surface area contributed by atoms with Crippen LogP contribution < -0.4 is 14.8 Å². The summed E-state index contributed by atoms with van der Waals surface area (Å²) in [7, 11) is 1.62. The number of rotatable bonds is 7. The SMILES string of the molecule is COc1ccc(NC(=O)N2CCC(OCCOc3cccnc3)CC2)cc1. The number of aromatic nitrogens is 1. The minimum absolute atomic E-state index is 0.0847. The highest BCUT2D eigenvalue weighted by molar-refractivity contribution is 5.89.